The molecule has 0 saturated carbocycles. The summed E-state index contributed by atoms with van der Waals surface area (Å²) in [4.78, 5) is 16.0. The van der Waals surface area contributed by atoms with E-state index >= 15 is 0 Å². The molecule has 0 radical (unpaired) electrons. The van der Waals surface area contributed by atoms with E-state index in [1.165, 1.54) is 0 Å². The van der Waals surface area contributed by atoms with Crippen molar-refractivity contribution in [2.24, 2.45) is 0 Å². The van der Waals surface area contributed by atoms with Crippen molar-refractivity contribution in [3.05, 3.63) is 70.5 Å². The molecule has 124 valence electrons. The Hall–Kier alpha value is -3.41. The Labute approximate surface area is 143 Å². The van der Waals surface area contributed by atoms with E-state index in [0.29, 0.717) is 17.2 Å². The molecule has 0 spiro atoms. The summed E-state index contributed by atoms with van der Waals surface area (Å²) in [6, 6.07) is 9.30. The van der Waals surface area contributed by atoms with Crippen LogP contribution in [-0.2, 0) is 0 Å². The molecule has 0 amide bonds. The second kappa shape index (κ2) is 5.90. The molecule has 4 rings (SSSR count). The van der Waals surface area contributed by atoms with Crippen LogP contribution >= 0.6 is 0 Å². The number of furan rings is 1. The topological polar surface area (TPSA) is 81.0 Å². The van der Waals surface area contributed by atoms with Gasteiger partial charge in [0.15, 0.2) is 0 Å². The molecule has 0 saturated heterocycles. The van der Waals surface area contributed by atoms with Gasteiger partial charge in [-0.15, -0.1) is 0 Å². The monoisotopic (exact) mass is 333 g/mol. The van der Waals surface area contributed by atoms with Gasteiger partial charge >= 0.3 is 0 Å². The molecule has 6 heteroatoms. The minimum atomic E-state index is -0.187. The molecule has 4 aromatic rings. The number of rotatable bonds is 3. The van der Waals surface area contributed by atoms with Crippen LogP contribution in [0.3, 0.4) is 0 Å². The Morgan fingerprint density at radius 2 is 2.00 bits per heavy atom. The van der Waals surface area contributed by atoms with Crippen LogP contribution in [0.2, 0.25) is 0 Å². The molecule has 3 aromatic heterocycles. The van der Waals surface area contributed by atoms with Crippen molar-refractivity contribution in [3.63, 3.8) is 0 Å². The second-order valence-corrected chi connectivity index (χ2v) is 5.77. The highest BCUT2D eigenvalue weighted by Crippen LogP contribution is 2.32. The van der Waals surface area contributed by atoms with Gasteiger partial charge in [-0.3, -0.25) is 4.79 Å². The average Bonchev–Trinajstić information content (AvgIpc) is 3.08. The molecule has 0 aliphatic heterocycles. The van der Waals surface area contributed by atoms with Crippen molar-refractivity contribution in [3.8, 4) is 22.8 Å². The maximum atomic E-state index is 11.8. The lowest BCUT2D eigenvalue weighted by Gasteiger charge is -2.11. The molecule has 1 aromatic carbocycles. The van der Waals surface area contributed by atoms with E-state index in [4.69, 9.17) is 9.15 Å². The largest absolute Gasteiger partial charge is 0.464 e. The zero-order chi connectivity index (χ0) is 17.4. The molecule has 6 nitrogen and oxygen atoms in total. The summed E-state index contributed by atoms with van der Waals surface area (Å²) in [5, 5.41) is 7.15. The van der Waals surface area contributed by atoms with E-state index in [9.17, 15) is 4.79 Å². The Balaban J connectivity index is 1.72. The van der Waals surface area contributed by atoms with Crippen molar-refractivity contribution >= 4 is 11.0 Å². The highest BCUT2D eigenvalue weighted by Gasteiger charge is 2.11. The Kier molecular flexibility index (Phi) is 3.57. The first-order valence-electron chi connectivity index (χ1n) is 7.79. The van der Waals surface area contributed by atoms with Crippen molar-refractivity contribution in [2.45, 2.75) is 13.8 Å². The summed E-state index contributed by atoms with van der Waals surface area (Å²) in [6.45, 7) is 3.75. The van der Waals surface area contributed by atoms with Crippen LogP contribution < -0.4 is 10.3 Å². The molecule has 1 N–H and O–H groups in total. The van der Waals surface area contributed by atoms with Gasteiger partial charge in [-0.25, -0.2) is 10.1 Å². The fourth-order valence-electron chi connectivity index (χ4n) is 2.79. The second-order valence-electron chi connectivity index (χ2n) is 5.77. The number of benzene rings is 1. The fraction of sp³-hybridized carbons (Fsp3) is 0.105. The lowest BCUT2D eigenvalue weighted by atomic mass is 9.99. The highest BCUT2D eigenvalue weighted by atomic mass is 16.5. The summed E-state index contributed by atoms with van der Waals surface area (Å²) in [6.07, 6.45) is 4.91. The molecule has 0 aliphatic rings. The van der Waals surface area contributed by atoms with E-state index in [1.54, 1.807) is 31.6 Å². The number of H-pyrrole nitrogens is 1. The average molecular weight is 333 g/mol. The zero-order valence-corrected chi connectivity index (χ0v) is 13.7. The zero-order valence-electron chi connectivity index (χ0n) is 13.7. The van der Waals surface area contributed by atoms with Crippen LogP contribution in [0.1, 0.15) is 11.1 Å². The first-order valence-corrected chi connectivity index (χ1v) is 7.79. The first-order chi connectivity index (χ1) is 12.1. The number of hydrogen-bond donors (Lipinski definition) is 1. The van der Waals surface area contributed by atoms with Gasteiger partial charge in [0.05, 0.1) is 17.8 Å². The van der Waals surface area contributed by atoms with Gasteiger partial charge in [0.1, 0.15) is 11.3 Å². The Morgan fingerprint density at radius 3 is 2.84 bits per heavy atom. The van der Waals surface area contributed by atoms with Crippen molar-refractivity contribution < 1.29 is 9.15 Å². The molecule has 0 unspecified atom stereocenters. The number of nitrogens with zero attached hydrogens (tertiary/aromatic N) is 2. The minimum absolute atomic E-state index is 0.187. The van der Waals surface area contributed by atoms with Gasteiger partial charge in [-0.2, -0.15) is 5.10 Å². The van der Waals surface area contributed by atoms with E-state index in [1.807, 2.05) is 31.2 Å². The number of aromatic nitrogens is 3. The molecular formula is C19H15N3O3. The summed E-state index contributed by atoms with van der Waals surface area (Å²) in [5.41, 5.74) is 3.90. The third kappa shape index (κ3) is 2.67. The third-order valence-corrected chi connectivity index (χ3v) is 4.15. The summed E-state index contributed by atoms with van der Waals surface area (Å²) < 4.78 is 11.3. The Bertz CT molecular complexity index is 1130. The van der Waals surface area contributed by atoms with E-state index < -0.39 is 0 Å². The molecule has 0 aliphatic carbocycles. The van der Waals surface area contributed by atoms with Crippen LogP contribution in [0.25, 0.3) is 22.1 Å². The number of aromatic amines is 1. The first kappa shape index (κ1) is 15.1. The quantitative estimate of drug-likeness (QED) is 0.613. The number of fused-ring (bicyclic) bond motifs is 1. The number of ether oxygens (including phenoxy) is 1. The van der Waals surface area contributed by atoms with Gasteiger partial charge in [0.2, 0.25) is 5.88 Å². The van der Waals surface area contributed by atoms with Gasteiger partial charge in [-0.1, -0.05) is 6.07 Å². The smallest absolute Gasteiger partial charge is 0.267 e. The van der Waals surface area contributed by atoms with Crippen LogP contribution in [-0.4, -0.2) is 15.2 Å². The maximum Gasteiger partial charge on any atom is 0.267 e. The molecular weight excluding hydrogens is 318 g/mol. The molecule has 25 heavy (non-hydrogen) atoms. The third-order valence-electron chi connectivity index (χ3n) is 4.15. The predicted molar refractivity (Wildman–Crippen MR) is 93.9 cm³/mol. The standard InChI is InChI=1S/C19H15N3O3/c1-11-9-13(25-19-15-6-8-24-17(15)5-7-20-19)3-4-14(11)16-10-21-22-18(23)12(16)2/h3-10H,1-2H3,(H,22,23). The van der Waals surface area contributed by atoms with Crippen molar-refractivity contribution in [2.75, 3.05) is 0 Å². The van der Waals surface area contributed by atoms with E-state index in [-0.39, 0.29) is 5.56 Å². The Morgan fingerprint density at radius 1 is 1.12 bits per heavy atom. The van der Waals surface area contributed by atoms with E-state index in [0.717, 1.165) is 27.7 Å². The lowest BCUT2D eigenvalue weighted by molar-refractivity contribution is 0.468. The normalized spacial score (nSPS) is 11.0. The van der Waals surface area contributed by atoms with Gasteiger partial charge in [0.25, 0.3) is 5.56 Å². The van der Waals surface area contributed by atoms with Crippen molar-refractivity contribution in [1.29, 1.82) is 0 Å². The SMILES string of the molecule is Cc1cc(Oc2nccc3occc23)ccc1-c1cn[nH]c(=O)c1C. The van der Waals surface area contributed by atoms with Gasteiger partial charge < -0.3 is 9.15 Å². The molecule has 0 bridgehead atoms. The highest BCUT2D eigenvalue weighted by molar-refractivity contribution is 5.82. The van der Waals surface area contributed by atoms with Gasteiger partial charge in [-0.05, 0) is 49.2 Å². The summed E-state index contributed by atoms with van der Waals surface area (Å²) in [7, 11) is 0. The summed E-state index contributed by atoms with van der Waals surface area (Å²) in [5.74, 6) is 1.16. The molecule has 0 atom stereocenters. The number of nitrogens with one attached hydrogen (secondary N) is 1. The number of hydrogen-bond acceptors (Lipinski definition) is 5. The van der Waals surface area contributed by atoms with E-state index in [2.05, 4.69) is 15.2 Å². The number of pyridine rings is 1. The maximum absolute atomic E-state index is 11.8. The predicted octanol–water partition coefficient (Wildman–Crippen LogP) is 3.99. The van der Waals surface area contributed by atoms with Crippen LogP contribution in [0.15, 0.2) is 58.2 Å². The van der Waals surface area contributed by atoms with Crippen molar-refractivity contribution in [1.82, 2.24) is 15.2 Å². The fourth-order valence-corrected chi connectivity index (χ4v) is 2.79. The van der Waals surface area contributed by atoms with Crippen LogP contribution in [0.5, 0.6) is 11.6 Å². The lowest BCUT2D eigenvalue weighted by Crippen LogP contribution is -2.12. The minimum Gasteiger partial charge on any atom is -0.464 e. The van der Waals surface area contributed by atoms with Crippen LogP contribution in [0, 0.1) is 13.8 Å². The molecule has 0 fully saturated rings. The number of aryl methyl sites for hydroxylation is 1. The van der Waals surface area contributed by atoms with Crippen LogP contribution in [0.4, 0.5) is 0 Å². The summed E-state index contributed by atoms with van der Waals surface area (Å²) >= 11 is 0. The molecule has 3 heterocycles. The van der Waals surface area contributed by atoms with Gasteiger partial charge in [0, 0.05) is 17.3 Å².